The molecule has 1 aliphatic carbocycles. The molecule has 0 aromatic carbocycles. The van der Waals surface area contributed by atoms with Gasteiger partial charge in [-0.2, -0.15) is 0 Å². The molecule has 0 unspecified atom stereocenters. The Morgan fingerprint density at radius 3 is 2.80 bits per heavy atom. The van der Waals surface area contributed by atoms with Crippen LogP contribution in [0.4, 0.5) is 0 Å². The molecule has 1 aromatic rings. The number of hydrogen-bond donors (Lipinski definition) is 2. The summed E-state index contributed by atoms with van der Waals surface area (Å²) in [6.07, 6.45) is 1.92. The predicted molar refractivity (Wildman–Crippen MR) is 56.0 cm³/mol. The van der Waals surface area contributed by atoms with Gasteiger partial charge in [0.1, 0.15) is 0 Å². The van der Waals surface area contributed by atoms with Crippen molar-refractivity contribution in [2.45, 2.75) is 12.8 Å². The highest BCUT2D eigenvalue weighted by Gasteiger charge is 2.42. The lowest BCUT2D eigenvalue weighted by molar-refractivity contribution is 0.0934. The van der Waals surface area contributed by atoms with Gasteiger partial charge in [-0.15, -0.1) is 10.2 Å². The number of nitrogens with zero attached hydrogens (tertiary/aromatic N) is 2. The second-order valence-electron chi connectivity index (χ2n) is 3.70. The van der Waals surface area contributed by atoms with Crippen molar-refractivity contribution in [3.05, 3.63) is 9.47 Å². The van der Waals surface area contributed by atoms with Gasteiger partial charge >= 0.3 is 0 Å². The monoisotopic (exact) mass is 247 g/mol. The quantitative estimate of drug-likeness (QED) is 0.821. The Balaban J connectivity index is 1.88. The number of halogens is 1. The molecule has 2 rings (SSSR count). The second-order valence-corrected chi connectivity index (χ2v) is 5.26. The minimum Gasteiger partial charge on any atom is -0.396 e. The van der Waals surface area contributed by atoms with Crippen molar-refractivity contribution in [3.63, 3.8) is 0 Å². The van der Waals surface area contributed by atoms with Crippen molar-refractivity contribution in [2.24, 2.45) is 5.41 Å². The van der Waals surface area contributed by atoms with Crippen LogP contribution in [0.15, 0.2) is 0 Å². The van der Waals surface area contributed by atoms with E-state index in [1.165, 1.54) is 0 Å². The van der Waals surface area contributed by atoms with Gasteiger partial charge in [-0.1, -0.05) is 11.3 Å². The van der Waals surface area contributed by atoms with Crippen LogP contribution in [0.5, 0.6) is 0 Å². The number of hydrogen-bond acceptors (Lipinski definition) is 5. The highest BCUT2D eigenvalue weighted by atomic mass is 35.5. The summed E-state index contributed by atoms with van der Waals surface area (Å²) >= 11 is 6.60. The Hall–Kier alpha value is -0.720. The van der Waals surface area contributed by atoms with Crippen LogP contribution >= 0.6 is 22.9 Å². The summed E-state index contributed by atoms with van der Waals surface area (Å²) in [7, 11) is 0. The minimum atomic E-state index is -0.279. The number of amides is 1. The normalized spacial score (nSPS) is 17.5. The average molecular weight is 248 g/mol. The van der Waals surface area contributed by atoms with E-state index in [0.717, 1.165) is 24.2 Å². The third-order valence-corrected chi connectivity index (χ3v) is 3.53. The highest BCUT2D eigenvalue weighted by molar-refractivity contribution is 7.17. The summed E-state index contributed by atoms with van der Waals surface area (Å²) in [5.41, 5.74) is -0.0931. The first kappa shape index (κ1) is 10.8. The van der Waals surface area contributed by atoms with Crippen molar-refractivity contribution in [1.29, 1.82) is 0 Å². The zero-order valence-corrected chi connectivity index (χ0v) is 9.44. The van der Waals surface area contributed by atoms with Crippen LogP contribution in [0.1, 0.15) is 22.6 Å². The molecule has 1 saturated carbocycles. The predicted octanol–water partition coefficient (Wildman–Crippen LogP) is 0.694. The number of aliphatic hydroxyl groups is 1. The maximum atomic E-state index is 11.5. The number of aromatic nitrogens is 2. The molecule has 5 nitrogen and oxygen atoms in total. The van der Waals surface area contributed by atoms with Crippen LogP contribution < -0.4 is 5.32 Å². The number of carbonyl (C=O) groups is 1. The van der Waals surface area contributed by atoms with Gasteiger partial charge < -0.3 is 10.4 Å². The van der Waals surface area contributed by atoms with Crippen LogP contribution in [0.3, 0.4) is 0 Å². The van der Waals surface area contributed by atoms with Gasteiger partial charge in [0.05, 0.1) is 6.61 Å². The first-order chi connectivity index (χ1) is 7.15. The first-order valence-electron chi connectivity index (χ1n) is 4.53. The number of carbonyl (C=O) groups excluding carboxylic acids is 1. The Labute approximate surface area is 95.5 Å². The SMILES string of the molecule is O=C(NCC1(CO)CC1)c1nnc(Cl)s1. The van der Waals surface area contributed by atoms with Crippen LogP contribution in [0.2, 0.25) is 4.47 Å². The fraction of sp³-hybridized carbons (Fsp3) is 0.625. The summed E-state index contributed by atoms with van der Waals surface area (Å²) in [6.45, 7) is 0.601. The van der Waals surface area contributed by atoms with Crippen LogP contribution in [-0.2, 0) is 0 Å². The van der Waals surface area contributed by atoms with Gasteiger partial charge in [0.2, 0.25) is 9.47 Å². The molecule has 1 heterocycles. The highest BCUT2D eigenvalue weighted by Crippen LogP contribution is 2.44. The van der Waals surface area contributed by atoms with Crippen molar-refractivity contribution < 1.29 is 9.90 Å². The number of aliphatic hydroxyl groups excluding tert-OH is 1. The van der Waals surface area contributed by atoms with E-state index in [4.69, 9.17) is 16.7 Å². The minimum absolute atomic E-state index is 0.0931. The van der Waals surface area contributed by atoms with Gasteiger partial charge in [-0.05, 0) is 24.4 Å². The Kier molecular flexibility index (Phi) is 2.90. The topological polar surface area (TPSA) is 75.1 Å². The molecule has 7 heteroatoms. The zero-order chi connectivity index (χ0) is 10.9. The van der Waals surface area contributed by atoms with Crippen molar-refractivity contribution >= 4 is 28.8 Å². The smallest absolute Gasteiger partial charge is 0.282 e. The van der Waals surface area contributed by atoms with Gasteiger partial charge in [-0.3, -0.25) is 4.79 Å². The van der Waals surface area contributed by atoms with Crippen molar-refractivity contribution in [2.75, 3.05) is 13.2 Å². The standard InChI is InChI=1S/C8H10ClN3O2S/c9-7-12-11-6(15-7)5(14)10-3-8(4-13)1-2-8/h13H,1-4H2,(H,10,14). The van der Waals surface area contributed by atoms with E-state index in [1.807, 2.05) is 0 Å². The van der Waals surface area contributed by atoms with Gasteiger partial charge in [0, 0.05) is 12.0 Å². The van der Waals surface area contributed by atoms with Gasteiger partial charge in [0.25, 0.3) is 5.91 Å². The number of rotatable bonds is 4. The summed E-state index contributed by atoms with van der Waals surface area (Å²) in [6, 6.07) is 0. The third kappa shape index (κ3) is 2.45. The lowest BCUT2D eigenvalue weighted by Gasteiger charge is -2.11. The summed E-state index contributed by atoms with van der Waals surface area (Å²) < 4.78 is 0.253. The Morgan fingerprint density at radius 1 is 1.60 bits per heavy atom. The van der Waals surface area contributed by atoms with E-state index in [2.05, 4.69) is 15.5 Å². The Morgan fingerprint density at radius 2 is 2.33 bits per heavy atom. The molecular weight excluding hydrogens is 238 g/mol. The molecule has 1 aliphatic rings. The summed E-state index contributed by atoms with van der Waals surface area (Å²) in [5.74, 6) is -0.279. The average Bonchev–Trinajstić information content (AvgIpc) is 2.90. The maximum absolute atomic E-state index is 11.5. The summed E-state index contributed by atoms with van der Waals surface area (Å²) in [5, 5.41) is 19.2. The van der Waals surface area contributed by atoms with Crippen LogP contribution in [0, 0.1) is 5.41 Å². The van der Waals surface area contributed by atoms with E-state index in [0.29, 0.717) is 6.54 Å². The molecule has 1 amide bonds. The first-order valence-corrected chi connectivity index (χ1v) is 5.73. The van der Waals surface area contributed by atoms with E-state index in [9.17, 15) is 4.79 Å². The number of nitrogens with one attached hydrogen (secondary N) is 1. The van der Waals surface area contributed by atoms with Gasteiger partial charge in [-0.25, -0.2) is 0 Å². The molecule has 0 radical (unpaired) electrons. The zero-order valence-electron chi connectivity index (χ0n) is 7.86. The third-order valence-electron chi connectivity index (χ3n) is 2.51. The molecular formula is C8H10ClN3O2S. The molecule has 15 heavy (non-hydrogen) atoms. The Bertz CT molecular complexity index is 378. The van der Waals surface area contributed by atoms with Crippen LogP contribution in [0.25, 0.3) is 0 Å². The fourth-order valence-electron chi connectivity index (χ4n) is 1.21. The molecule has 0 aliphatic heterocycles. The van der Waals surface area contributed by atoms with Crippen molar-refractivity contribution in [3.8, 4) is 0 Å². The maximum Gasteiger partial charge on any atom is 0.282 e. The summed E-state index contributed by atoms with van der Waals surface area (Å²) in [4.78, 5) is 11.5. The molecule has 0 saturated heterocycles. The molecule has 0 bridgehead atoms. The van der Waals surface area contributed by atoms with E-state index >= 15 is 0 Å². The molecule has 1 fully saturated rings. The lowest BCUT2D eigenvalue weighted by atomic mass is 10.1. The van der Waals surface area contributed by atoms with E-state index in [1.54, 1.807) is 0 Å². The second kappa shape index (κ2) is 4.03. The van der Waals surface area contributed by atoms with E-state index in [-0.39, 0.29) is 27.4 Å². The van der Waals surface area contributed by atoms with E-state index < -0.39 is 0 Å². The van der Waals surface area contributed by atoms with Gasteiger partial charge in [0.15, 0.2) is 0 Å². The molecule has 0 atom stereocenters. The largest absolute Gasteiger partial charge is 0.396 e. The molecule has 0 spiro atoms. The fourth-order valence-corrected chi connectivity index (χ4v) is 1.95. The molecule has 1 aromatic heterocycles. The molecule has 2 N–H and O–H groups in total. The lowest BCUT2D eigenvalue weighted by Crippen LogP contribution is -2.31. The molecule has 82 valence electrons. The van der Waals surface area contributed by atoms with Crippen molar-refractivity contribution in [1.82, 2.24) is 15.5 Å². The van der Waals surface area contributed by atoms with Crippen LogP contribution in [-0.4, -0.2) is 34.4 Å².